The molecule has 0 saturated carbocycles. The molecule has 4 rings (SSSR count). The lowest BCUT2D eigenvalue weighted by Crippen LogP contribution is -2.32. The number of thioether (sulfide) groups is 1. The van der Waals surface area contributed by atoms with E-state index in [4.69, 9.17) is 11.6 Å². The Bertz CT molecular complexity index is 1450. The Morgan fingerprint density at radius 2 is 1.88 bits per heavy atom. The average molecular weight is 499 g/mol. The Morgan fingerprint density at radius 1 is 1.15 bits per heavy atom. The van der Waals surface area contributed by atoms with Gasteiger partial charge in [-0.25, -0.2) is 0 Å². The van der Waals surface area contributed by atoms with Gasteiger partial charge in [-0.1, -0.05) is 30.3 Å². The van der Waals surface area contributed by atoms with Crippen LogP contribution >= 0.6 is 23.4 Å². The molecule has 2 aromatic heterocycles. The molecule has 2 heterocycles. The molecule has 0 bridgehead atoms. The van der Waals surface area contributed by atoms with Gasteiger partial charge in [-0.2, -0.15) is 0 Å². The summed E-state index contributed by atoms with van der Waals surface area (Å²) >= 11 is 7.06. The third-order valence-electron chi connectivity index (χ3n) is 5.40. The molecule has 1 unspecified atom stereocenters. The molecule has 1 atom stereocenters. The van der Waals surface area contributed by atoms with Crippen LogP contribution < -0.4 is 16.2 Å². The summed E-state index contributed by atoms with van der Waals surface area (Å²) in [7, 11) is 1.61. The van der Waals surface area contributed by atoms with Crippen LogP contribution in [0.15, 0.2) is 52.4 Å². The van der Waals surface area contributed by atoms with Crippen molar-refractivity contribution in [3.63, 3.8) is 0 Å². The van der Waals surface area contributed by atoms with Gasteiger partial charge < -0.3 is 10.6 Å². The number of carbonyl (C=O) groups excluding carboxylic acids is 2. The quantitative estimate of drug-likeness (QED) is 0.377. The molecule has 0 aliphatic rings. The van der Waals surface area contributed by atoms with Crippen molar-refractivity contribution in [1.29, 1.82) is 0 Å². The number of benzene rings is 2. The van der Waals surface area contributed by atoms with Gasteiger partial charge in [0.25, 0.3) is 11.5 Å². The van der Waals surface area contributed by atoms with E-state index >= 15 is 0 Å². The first kappa shape index (κ1) is 23.8. The second kappa shape index (κ2) is 9.86. The van der Waals surface area contributed by atoms with Gasteiger partial charge >= 0.3 is 0 Å². The summed E-state index contributed by atoms with van der Waals surface area (Å²) in [4.78, 5) is 38.0. The second-order valence-electron chi connectivity index (χ2n) is 7.84. The molecular formula is C23H23ClN6O3S. The minimum atomic E-state index is -0.249. The van der Waals surface area contributed by atoms with E-state index in [1.54, 1.807) is 53.9 Å². The van der Waals surface area contributed by atoms with E-state index in [1.165, 1.54) is 16.3 Å². The van der Waals surface area contributed by atoms with Crippen LogP contribution in [-0.2, 0) is 11.8 Å². The van der Waals surface area contributed by atoms with Crippen LogP contribution in [0, 0.1) is 0 Å². The number of aryl methyl sites for hydroxylation is 1. The Kier molecular flexibility index (Phi) is 6.90. The molecule has 0 spiro atoms. The lowest BCUT2D eigenvalue weighted by atomic mass is 10.1. The number of hydrogen-bond acceptors (Lipinski definition) is 6. The van der Waals surface area contributed by atoms with Crippen molar-refractivity contribution in [3.8, 4) is 0 Å². The predicted octanol–water partition coefficient (Wildman–Crippen LogP) is 3.49. The molecule has 11 heteroatoms. The van der Waals surface area contributed by atoms with Crippen LogP contribution in [0.25, 0.3) is 16.7 Å². The Labute approximate surface area is 204 Å². The van der Waals surface area contributed by atoms with Crippen molar-refractivity contribution in [2.24, 2.45) is 7.05 Å². The zero-order valence-corrected chi connectivity index (χ0v) is 20.4. The van der Waals surface area contributed by atoms with Crippen molar-refractivity contribution in [2.75, 3.05) is 11.1 Å². The first-order valence-electron chi connectivity index (χ1n) is 10.7. The van der Waals surface area contributed by atoms with Crippen molar-refractivity contribution in [3.05, 3.63) is 63.4 Å². The van der Waals surface area contributed by atoms with Crippen molar-refractivity contribution >= 4 is 57.5 Å². The monoisotopic (exact) mass is 498 g/mol. The Hall–Kier alpha value is -3.37. The van der Waals surface area contributed by atoms with Gasteiger partial charge in [0.15, 0.2) is 5.16 Å². The third kappa shape index (κ3) is 4.78. The molecular weight excluding hydrogens is 476 g/mol. The highest BCUT2D eigenvalue weighted by Crippen LogP contribution is 2.23. The number of fused-ring (bicyclic) bond motifs is 3. The van der Waals surface area contributed by atoms with E-state index in [-0.39, 0.29) is 29.2 Å². The summed E-state index contributed by atoms with van der Waals surface area (Å²) in [5, 5.41) is 15.5. The highest BCUT2D eigenvalue weighted by atomic mass is 35.5. The minimum absolute atomic E-state index is 0.0204. The molecule has 0 aliphatic heterocycles. The molecule has 0 fully saturated rings. The number of amides is 2. The van der Waals surface area contributed by atoms with Gasteiger partial charge in [0.1, 0.15) is 0 Å². The molecule has 2 amide bonds. The maximum atomic E-state index is 12.9. The Morgan fingerprint density at radius 3 is 2.59 bits per heavy atom. The van der Waals surface area contributed by atoms with Gasteiger partial charge in [-0.15, -0.1) is 10.2 Å². The first-order valence-corrected chi connectivity index (χ1v) is 12.0. The minimum Gasteiger partial charge on any atom is -0.350 e. The van der Waals surface area contributed by atoms with Crippen molar-refractivity contribution in [2.45, 2.75) is 31.5 Å². The number of anilines is 1. The van der Waals surface area contributed by atoms with Crippen LogP contribution in [0.1, 0.15) is 30.6 Å². The molecule has 0 aliphatic carbocycles. The molecule has 2 aromatic carbocycles. The molecule has 0 radical (unpaired) electrons. The summed E-state index contributed by atoms with van der Waals surface area (Å²) in [6, 6.07) is 11.7. The lowest BCUT2D eigenvalue weighted by Gasteiger charge is -2.13. The van der Waals surface area contributed by atoms with Crippen LogP contribution in [-0.4, -0.2) is 42.8 Å². The van der Waals surface area contributed by atoms with Crippen molar-refractivity contribution < 1.29 is 9.59 Å². The summed E-state index contributed by atoms with van der Waals surface area (Å²) in [6.07, 6.45) is 0.800. The van der Waals surface area contributed by atoms with Crippen LogP contribution in [0.2, 0.25) is 5.02 Å². The van der Waals surface area contributed by atoms with E-state index in [9.17, 15) is 14.4 Å². The number of nitrogens with one attached hydrogen (secondary N) is 2. The van der Waals surface area contributed by atoms with E-state index in [2.05, 4.69) is 20.8 Å². The van der Waals surface area contributed by atoms with E-state index in [0.29, 0.717) is 38.1 Å². The van der Waals surface area contributed by atoms with Crippen LogP contribution in [0.5, 0.6) is 0 Å². The standard InChI is InChI=1S/C23H23ClN6O3S/c1-4-13(2)25-20(32)14-5-10-17-18(11-14)30-22(29(3)21(17)33)27-28-23(30)34-12-19(31)26-16-8-6-15(24)7-9-16/h5-11,13H,4,12H2,1-3H3,(H,25,32)(H,26,31). The smallest absolute Gasteiger partial charge is 0.262 e. The number of aromatic nitrogens is 4. The van der Waals surface area contributed by atoms with E-state index in [0.717, 1.165) is 6.42 Å². The van der Waals surface area contributed by atoms with Gasteiger partial charge in [0.2, 0.25) is 11.7 Å². The lowest BCUT2D eigenvalue weighted by molar-refractivity contribution is -0.113. The topological polar surface area (TPSA) is 110 Å². The maximum absolute atomic E-state index is 12.9. The number of rotatable bonds is 7. The SMILES string of the molecule is CCC(C)NC(=O)c1ccc2c(=O)n(C)c3nnc(SCC(=O)Nc4ccc(Cl)cc4)n3c2c1. The normalized spacial score (nSPS) is 12.1. The highest BCUT2D eigenvalue weighted by Gasteiger charge is 2.18. The predicted molar refractivity (Wildman–Crippen MR) is 134 cm³/mol. The van der Waals surface area contributed by atoms with Crippen LogP contribution in [0.4, 0.5) is 5.69 Å². The molecule has 176 valence electrons. The molecule has 4 aromatic rings. The first-order chi connectivity index (χ1) is 16.3. The molecule has 2 N–H and O–H groups in total. The number of nitrogens with zero attached hydrogens (tertiary/aromatic N) is 4. The largest absolute Gasteiger partial charge is 0.350 e. The fourth-order valence-corrected chi connectivity index (χ4v) is 4.23. The number of carbonyl (C=O) groups is 2. The molecule has 34 heavy (non-hydrogen) atoms. The number of hydrogen-bond donors (Lipinski definition) is 2. The maximum Gasteiger partial charge on any atom is 0.262 e. The number of halogens is 1. The fourth-order valence-electron chi connectivity index (χ4n) is 3.36. The van der Waals surface area contributed by atoms with Gasteiger partial charge in [-0.05, 0) is 55.8 Å². The van der Waals surface area contributed by atoms with Crippen LogP contribution in [0.3, 0.4) is 0 Å². The summed E-state index contributed by atoms with van der Waals surface area (Å²) < 4.78 is 3.09. The van der Waals surface area contributed by atoms with Gasteiger partial charge in [-0.3, -0.25) is 23.4 Å². The summed E-state index contributed by atoms with van der Waals surface area (Å²) in [5.74, 6) is -0.0683. The summed E-state index contributed by atoms with van der Waals surface area (Å²) in [5.41, 5.74) is 1.31. The van der Waals surface area contributed by atoms with E-state index in [1.807, 2.05) is 13.8 Å². The Balaban J connectivity index is 1.67. The van der Waals surface area contributed by atoms with Gasteiger partial charge in [0.05, 0.1) is 16.7 Å². The zero-order valence-electron chi connectivity index (χ0n) is 18.8. The molecule has 0 saturated heterocycles. The second-order valence-corrected chi connectivity index (χ2v) is 9.22. The zero-order chi connectivity index (χ0) is 24.4. The van der Waals surface area contributed by atoms with Crippen molar-refractivity contribution in [1.82, 2.24) is 24.5 Å². The molecule has 9 nitrogen and oxygen atoms in total. The van der Waals surface area contributed by atoms with E-state index < -0.39 is 0 Å². The van der Waals surface area contributed by atoms with Gasteiger partial charge in [0, 0.05) is 29.4 Å². The summed E-state index contributed by atoms with van der Waals surface area (Å²) in [6.45, 7) is 3.92. The fraction of sp³-hybridized carbons (Fsp3) is 0.261. The third-order valence-corrected chi connectivity index (χ3v) is 6.58. The highest BCUT2D eigenvalue weighted by molar-refractivity contribution is 7.99. The average Bonchev–Trinajstić information content (AvgIpc) is 3.26.